The predicted molar refractivity (Wildman–Crippen MR) is 54.7 cm³/mol. The highest BCUT2D eigenvalue weighted by molar-refractivity contribution is 6.32. The Morgan fingerprint density at radius 2 is 2.08 bits per heavy atom. The van der Waals surface area contributed by atoms with Crippen LogP contribution < -0.4 is 5.46 Å². The molecule has 12 heavy (non-hydrogen) atoms. The number of fused-ring (bicyclic) bond motifs is 1. The van der Waals surface area contributed by atoms with Crippen LogP contribution >= 0.6 is 0 Å². The van der Waals surface area contributed by atoms with E-state index in [1.165, 1.54) is 16.4 Å². The fourth-order valence-corrected chi connectivity index (χ4v) is 1.36. The van der Waals surface area contributed by atoms with Crippen LogP contribution in [0.1, 0.15) is 5.56 Å². The first-order valence-electron chi connectivity index (χ1n) is 4.09. The van der Waals surface area contributed by atoms with Crippen molar-refractivity contribution in [2.24, 2.45) is 0 Å². The second kappa shape index (κ2) is 2.63. The fourth-order valence-electron chi connectivity index (χ4n) is 1.36. The lowest BCUT2D eigenvalue weighted by Gasteiger charge is -1.99. The van der Waals surface area contributed by atoms with E-state index in [1.54, 1.807) is 0 Å². The van der Waals surface area contributed by atoms with Crippen molar-refractivity contribution in [3.63, 3.8) is 0 Å². The van der Waals surface area contributed by atoms with Crippen LogP contribution in [0, 0.1) is 6.92 Å². The van der Waals surface area contributed by atoms with E-state index in [0.29, 0.717) is 0 Å². The molecule has 1 aromatic carbocycles. The summed E-state index contributed by atoms with van der Waals surface area (Å²) in [6, 6.07) is 8.47. The Morgan fingerprint density at radius 3 is 2.92 bits per heavy atom. The molecule has 1 aromatic heterocycles. The molecule has 1 nitrogen and oxygen atoms in total. The summed E-state index contributed by atoms with van der Waals surface area (Å²) in [4.78, 5) is 4.32. The average Bonchev–Trinajstić information content (AvgIpc) is 2.03. The molecule has 0 N–H and O–H groups in total. The molecule has 0 fully saturated rings. The molecule has 0 aliphatic heterocycles. The van der Waals surface area contributed by atoms with Crippen molar-refractivity contribution in [1.82, 2.24) is 4.98 Å². The third kappa shape index (κ3) is 1.20. The maximum atomic E-state index is 4.32. The van der Waals surface area contributed by atoms with Crippen LogP contribution in [0.5, 0.6) is 0 Å². The first-order chi connectivity index (χ1) is 5.75. The van der Waals surface area contributed by atoms with E-state index in [0.717, 1.165) is 5.52 Å². The summed E-state index contributed by atoms with van der Waals surface area (Å²) in [6.45, 7) is 2.10. The average molecular weight is 155 g/mol. The number of rotatable bonds is 0. The van der Waals surface area contributed by atoms with Gasteiger partial charge in [0, 0.05) is 6.20 Å². The van der Waals surface area contributed by atoms with Gasteiger partial charge in [-0.1, -0.05) is 23.2 Å². The van der Waals surface area contributed by atoms with Crippen LogP contribution in [0.4, 0.5) is 0 Å². The van der Waals surface area contributed by atoms with Crippen molar-refractivity contribution in [2.75, 3.05) is 0 Å². The molecular formula is C10H10BN. The number of aryl methyl sites for hydroxylation is 1. The first-order valence-corrected chi connectivity index (χ1v) is 4.09. The van der Waals surface area contributed by atoms with Gasteiger partial charge in [-0.2, -0.15) is 0 Å². The van der Waals surface area contributed by atoms with Crippen molar-refractivity contribution in [3.8, 4) is 0 Å². The Morgan fingerprint density at radius 1 is 1.25 bits per heavy atom. The summed E-state index contributed by atoms with van der Waals surface area (Å²) < 4.78 is 0. The standard InChI is InChI=1S/C10H10BN/c1-7-2-3-10-8(4-7)5-9(11)6-12-10/h2-6H,11H2,1H3. The minimum atomic E-state index is 1.08. The van der Waals surface area contributed by atoms with Crippen molar-refractivity contribution in [2.45, 2.75) is 6.92 Å². The molecule has 2 aromatic rings. The normalized spacial score (nSPS) is 10.4. The van der Waals surface area contributed by atoms with E-state index >= 15 is 0 Å². The van der Waals surface area contributed by atoms with Gasteiger partial charge < -0.3 is 0 Å². The van der Waals surface area contributed by atoms with Gasteiger partial charge in [0.2, 0.25) is 0 Å². The van der Waals surface area contributed by atoms with Gasteiger partial charge in [0.05, 0.1) is 5.52 Å². The largest absolute Gasteiger partial charge is 0.257 e. The molecule has 0 radical (unpaired) electrons. The van der Waals surface area contributed by atoms with Crippen molar-refractivity contribution in [1.29, 1.82) is 0 Å². The second-order valence-electron chi connectivity index (χ2n) is 3.21. The van der Waals surface area contributed by atoms with Gasteiger partial charge in [-0.15, -0.1) is 0 Å². The van der Waals surface area contributed by atoms with E-state index < -0.39 is 0 Å². The zero-order valence-corrected chi connectivity index (χ0v) is 7.33. The molecule has 2 rings (SSSR count). The first kappa shape index (κ1) is 7.35. The lowest BCUT2D eigenvalue weighted by molar-refractivity contribution is 1.41. The van der Waals surface area contributed by atoms with Crippen LogP contribution in [0.15, 0.2) is 30.5 Å². The Kier molecular flexibility index (Phi) is 1.61. The van der Waals surface area contributed by atoms with Gasteiger partial charge in [-0.25, -0.2) is 0 Å². The number of aromatic nitrogens is 1. The van der Waals surface area contributed by atoms with E-state index in [1.807, 2.05) is 6.20 Å². The Labute approximate surface area is 72.8 Å². The lowest BCUT2D eigenvalue weighted by atomic mass is 9.97. The van der Waals surface area contributed by atoms with E-state index in [2.05, 4.69) is 44.0 Å². The molecule has 58 valence electrons. The van der Waals surface area contributed by atoms with Crippen LogP contribution in [0.25, 0.3) is 10.9 Å². The number of benzene rings is 1. The smallest absolute Gasteiger partial charge is 0.141 e. The van der Waals surface area contributed by atoms with Crippen LogP contribution in [0.3, 0.4) is 0 Å². The van der Waals surface area contributed by atoms with E-state index in [-0.39, 0.29) is 0 Å². The number of hydrogen-bond acceptors (Lipinski definition) is 1. The predicted octanol–water partition coefficient (Wildman–Crippen LogP) is 0.802. The SMILES string of the molecule is Bc1cnc2ccc(C)cc2c1. The summed E-state index contributed by atoms with van der Waals surface area (Å²) in [6.07, 6.45) is 1.90. The third-order valence-electron chi connectivity index (χ3n) is 1.97. The molecule has 0 atom stereocenters. The summed E-state index contributed by atoms with van der Waals surface area (Å²) in [7, 11) is 2.06. The van der Waals surface area contributed by atoms with Crippen molar-refractivity contribution >= 4 is 24.2 Å². The topological polar surface area (TPSA) is 12.9 Å². The van der Waals surface area contributed by atoms with E-state index in [9.17, 15) is 0 Å². The van der Waals surface area contributed by atoms with Gasteiger partial charge in [-0.05, 0) is 24.4 Å². The Hall–Kier alpha value is -1.31. The van der Waals surface area contributed by atoms with Gasteiger partial charge in [0.25, 0.3) is 0 Å². The highest BCUT2D eigenvalue weighted by Crippen LogP contribution is 2.10. The molecule has 0 bridgehead atoms. The maximum absolute atomic E-state index is 4.32. The molecule has 0 saturated carbocycles. The zero-order chi connectivity index (χ0) is 8.55. The van der Waals surface area contributed by atoms with Crippen LogP contribution in [-0.2, 0) is 0 Å². The number of pyridine rings is 1. The molecular weight excluding hydrogens is 145 g/mol. The highest BCUT2D eigenvalue weighted by atomic mass is 14.6. The quantitative estimate of drug-likeness (QED) is 0.513. The molecule has 1 heterocycles. The van der Waals surface area contributed by atoms with E-state index in [4.69, 9.17) is 0 Å². The van der Waals surface area contributed by atoms with Crippen LogP contribution in [0.2, 0.25) is 0 Å². The van der Waals surface area contributed by atoms with Gasteiger partial charge >= 0.3 is 0 Å². The molecule has 2 heteroatoms. The second-order valence-corrected chi connectivity index (χ2v) is 3.21. The Balaban J connectivity index is 2.80. The molecule has 0 aliphatic carbocycles. The minimum absolute atomic E-state index is 1.08. The molecule has 0 spiro atoms. The lowest BCUT2D eigenvalue weighted by Crippen LogP contribution is -2.01. The Bertz CT molecular complexity index is 386. The third-order valence-corrected chi connectivity index (χ3v) is 1.97. The molecule has 0 saturated heterocycles. The number of nitrogens with zero attached hydrogens (tertiary/aromatic N) is 1. The van der Waals surface area contributed by atoms with Crippen LogP contribution in [-0.4, -0.2) is 12.8 Å². The van der Waals surface area contributed by atoms with Crippen molar-refractivity contribution < 1.29 is 0 Å². The summed E-state index contributed by atoms with van der Waals surface area (Å²) in [5.41, 5.74) is 3.58. The maximum Gasteiger partial charge on any atom is 0.141 e. The molecule has 0 unspecified atom stereocenters. The molecule has 0 aliphatic rings. The number of hydrogen-bond donors (Lipinski definition) is 0. The molecule has 0 amide bonds. The summed E-state index contributed by atoms with van der Waals surface area (Å²) in [5.74, 6) is 0. The monoisotopic (exact) mass is 155 g/mol. The van der Waals surface area contributed by atoms with Crippen molar-refractivity contribution in [3.05, 3.63) is 36.0 Å². The van der Waals surface area contributed by atoms with Gasteiger partial charge in [-0.3, -0.25) is 4.98 Å². The van der Waals surface area contributed by atoms with Gasteiger partial charge in [0.15, 0.2) is 0 Å². The fraction of sp³-hybridized carbons (Fsp3) is 0.100. The summed E-state index contributed by atoms with van der Waals surface area (Å²) in [5, 5.41) is 1.23. The zero-order valence-electron chi connectivity index (χ0n) is 7.33. The minimum Gasteiger partial charge on any atom is -0.257 e. The summed E-state index contributed by atoms with van der Waals surface area (Å²) >= 11 is 0. The van der Waals surface area contributed by atoms with Gasteiger partial charge in [0.1, 0.15) is 7.85 Å². The highest BCUT2D eigenvalue weighted by Gasteiger charge is 1.94.